The van der Waals surface area contributed by atoms with Crippen molar-refractivity contribution < 1.29 is 14.7 Å². The third-order valence-corrected chi connectivity index (χ3v) is 7.75. The van der Waals surface area contributed by atoms with E-state index in [1.165, 1.54) is 15.8 Å². The van der Waals surface area contributed by atoms with Gasteiger partial charge in [-0.05, 0) is 73.2 Å². The molecule has 2 atom stereocenters. The van der Waals surface area contributed by atoms with Gasteiger partial charge >= 0.3 is 5.97 Å². The van der Waals surface area contributed by atoms with Gasteiger partial charge in [0.05, 0.1) is 16.1 Å². The van der Waals surface area contributed by atoms with Gasteiger partial charge in [-0.15, -0.1) is 0 Å². The average Bonchev–Trinajstić information content (AvgIpc) is 3.47. The minimum atomic E-state index is -0.864. The van der Waals surface area contributed by atoms with Crippen molar-refractivity contribution in [2.75, 3.05) is 5.32 Å². The lowest BCUT2D eigenvalue weighted by Gasteiger charge is -2.14. The Morgan fingerprint density at radius 3 is 2.21 bits per heavy atom. The highest BCUT2D eigenvalue weighted by molar-refractivity contribution is 7.22. The van der Waals surface area contributed by atoms with Crippen molar-refractivity contribution in [2.24, 2.45) is 11.8 Å². The number of aromatic nitrogens is 1. The van der Waals surface area contributed by atoms with Crippen molar-refractivity contribution in [3.05, 3.63) is 77.4 Å². The molecule has 0 amide bonds. The minimum absolute atomic E-state index is 0.0581. The fourth-order valence-corrected chi connectivity index (χ4v) is 5.68. The van der Waals surface area contributed by atoms with Gasteiger partial charge in [0.25, 0.3) is 0 Å². The van der Waals surface area contributed by atoms with Crippen LogP contribution in [0.2, 0.25) is 0 Å². The third kappa shape index (κ3) is 4.33. The van der Waals surface area contributed by atoms with Crippen molar-refractivity contribution >= 4 is 44.1 Å². The topological polar surface area (TPSA) is 79.3 Å². The number of nitrogens with zero attached hydrogens (tertiary/aromatic N) is 1. The minimum Gasteiger partial charge on any atom is -0.481 e. The van der Waals surface area contributed by atoms with Crippen molar-refractivity contribution in [3.8, 4) is 11.1 Å². The van der Waals surface area contributed by atoms with Crippen LogP contribution in [0.5, 0.6) is 0 Å². The fourth-order valence-electron chi connectivity index (χ4n) is 4.71. The Balaban J connectivity index is 1.29. The Kier molecular flexibility index (Phi) is 5.92. The van der Waals surface area contributed by atoms with E-state index in [0.717, 1.165) is 33.9 Å². The maximum atomic E-state index is 12.9. The summed E-state index contributed by atoms with van der Waals surface area (Å²) in [6, 6.07) is 19.9. The molecule has 1 heterocycles. The maximum Gasteiger partial charge on any atom is 0.307 e. The molecule has 5 rings (SSSR count). The number of hydrogen-bond donors (Lipinski definition) is 2. The molecule has 0 radical (unpaired) electrons. The highest BCUT2D eigenvalue weighted by Crippen LogP contribution is 2.35. The Morgan fingerprint density at radius 2 is 1.53 bits per heavy atom. The van der Waals surface area contributed by atoms with Gasteiger partial charge in [0.1, 0.15) is 0 Å². The molecule has 0 bridgehead atoms. The van der Waals surface area contributed by atoms with Gasteiger partial charge in [0.15, 0.2) is 10.9 Å². The lowest BCUT2D eigenvalue weighted by Crippen LogP contribution is -2.25. The number of hydrogen-bond acceptors (Lipinski definition) is 5. The number of aliphatic carboxylic acids is 1. The van der Waals surface area contributed by atoms with Crippen LogP contribution in [0, 0.1) is 25.7 Å². The summed E-state index contributed by atoms with van der Waals surface area (Å²) in [5, 5.41) is 13.6. The summed E-state index contributed by atoms with van der Waals surface area (Å²) in [5.41, 5.74) is 7.12. The Labute approximate surface area is 202 Å². The second kappa shape index (κ2) is 9.03. The smallest absolute Gasteiger partial charge is 0.307 e. The van der Waals surface area contributed by atoms with Crippen LogP contribution < -0.4 is 5.32 Å². The number of thiazole rings is 1. The number of carboxylic acid groups (broad SMARTS) is 1. The molecule has 1 aliphatic rings. The van der Waals surface area contributed by atoms with Crippen LogP contribution in [-0.2, 0) is 4.79 Å². The molecule has 0 unspecified atom stereocenters. The molecule has 0 saturated heterocycles. The standard InChI is InChI=1S/C28H26N2O3S/c1-16-14-24-25(15-17(16)2)34-28(30-24)29-21-12-10-19(11-13-21)18-6-8-20(9-7-18)26(31)22-4-3-5-23(22)27(32)33/h6-15,22-23H,3-5H2,1-2H3,(H,29,30)(H,32,33)/t22-,23-/m0/s1. The summed E-state index contributed by atoms with van der Waals surface area (Å²) in [6.45, 7) is 4.22. The average molecular weight is 471 g/mol. The predicted octanol–water partition coefficient (Wildman–Crippen LogP) is 7.01. The van der Waals surface area contributed by atoms with E-state index in [1.54, 1.807) is 11.3 Å². The van der Waals surface area contributed by atoms with Gasteiger partial charge < -0.3 is 10.4 Å². The molecule has 172 valence electrons. The van der Waals surface area contributed by atoms with E-state index in [2.05, 4.69) is 31.3 Å². The molecule has 0 spiro atoms. The monoisotopic (exact) mass is 470 g/mol. The van der Waals surface area contributed by atoms with Crippen LogP contribution in [-0.4, -0.2) is 21.8 Å². The normalized spacial score (nSPS) is 17.7. The quantitative estimate of drug-likeness (QED) is 0.296. The van der Waals surface area contributed by atoms with Crippen molar-refractivity contribution in [2.45, 2.75) is 33.1 Å². The van der Waals surface area contributed by atoms with Gasteiger partial charge in [-0.1, -0.05) is 54.2 Å². The van der Waals surface area contributed by atoms with E-state index in [9.17, 15) is 14.7 Å². The molecular weight excluding hydrogens is 444 g/mol. The van der Waals surface area contributed by atoms with Crippen LogP contribution in [0.15, 0.2) is 60.7 Å². The molecule has 6 heteroatoms. The molecule has 34 heavy (non-hydrogen) atoms. The maximum absolute atomic E-state index is 12.9. The highest BCUT2D eigenvalue weighted by Gasteiger charge is 2.37. The zero-order valence-corrected chi connectivity index (χ0v) is 20.0. The first-order valence-corrected chi connectivity index (χ1v) is 12.3. The molecule has 1 aromatic heterocycles. The largest absolute Gasteiger partial charge is 0.481 e. The Bertz CT molecular complexity index is 1330. The lowest BCUT2D eigenvalue weighted by molar-refractivity contribution is -0.142. The summed E-state index contributed by atoms with van der Waals surface area (Å²) in [6.07, 6.45) is 2.03. The number of fused-ring (bicyclic) bond motifs is 1. The van der Waals surface area contributed by atoms with Gasteiger partial charge in [-0.3, -0.25) is 9.59 Å². The number of carboxylic acids is 1. The molecular formula is C28H26N2O3S. The van der Waals surface area contributed by atoms with E-state index < -0.39 is 17.8 Å². The van der Waals surface area contributed by atoms with Crippen LogP contribution >= 0.6 is 11.3 Å². The molecule has 4 aromatic rings. The number of Topliss-reactive ketones (excluding diaryl/α,β-unsaturated/α-hetero) is 1. The number of aryl methyl sites for hydroxylation is 2. The van der Waals surface area contributed by atoms with Gasteiger partial charge in [0.2, 0.25) is 0 Å². The number of nitrogens with one attached hydrogen (secondary N) is 1. The van der Waals surface area contributed by atoms with Crippen molar-refractivity contribution in [3.63, 3.8) is 0 Å². The number of benzene rings is 3. The molecule has 0 aliphatic heterocycles. The molecule has 1 saturated carbocycles. The summed E-state index contributed by atoms with van der Waals surface area (Å²) in [4.78, 5) is 29.0. The SMILES string of the molecule is Cc1cc2nc(Nc3ccc(-c4ccc(C(=O)[C@H]5CCC[C@@H]5C(=O)O)cc4)cc3)sc2cc1C. The van der Waals surface area contributed by atoms with Crippen LogP contribution in [0.3, 0.4) is 0 Å². The lowest BCUT2D eigenvalue weighted by atomic mass is 9.88. The van der Waals surface area contributed by atoms with Gasteiger partial charge in [0, 0.05) is 17.2 Å². The number of ketones is 1. The molecule has 3 aromatic carbocycles. The Hall–Kier alpha value is -3.51. The molecule has 1 fully saturated rings. The van der Waals surface area contributed by atoms with E-state index in [4.69, 9.17) is 4.98 Å². The number of carbonyl (C=O) groups is 2. The van der Waals surface area contributed by atoms with Crippen LogP contribution in [0.4, 0.5) is 10.8 Å². The summed E-state index contributed by atoms with van der Waals surface area (Å²) >= 11 is 1.64. The summed E-state index contributed by atoms with van der Waals surface area (Å²) in [7, 11) is 0. The van der Waals surface area contributed by atoms with E-state index >= 15 is 0 Å². The number of carbonyl (C=O) groups excluding carboxylic acids is 1. The number of anilines is 2. The van der Waals surface area contributed by atoms with E-state index in [0.29, 0.717) is 18.4 Å². The predicted molar refractivity (Wildman–Crippen MR) is 137 cm³/mol. The second-order valence-corrected chi connectivity index (χ2v) is 10.1. The molecule has 5 nitrogen and oxygen atoms in total. The second-order valence-electron chi connectivity index (χ2n) is 9.05. The summed E-state index contributed by atoms with van der Waals surface area (Å²) < 4.78 is 1.17. The first-order chi connectivity index (χ1) is 16.4. The first-order valence-electron chi connectivity index (χ1n) is 11.5. The molecule has 2 N–H and O–H groups in total. The summed E-state index contributed by atoms with van der Waals surface area (Å²) in [5.74, 6) is -1.89. The van der Waals surface area contributed by atoms with Crippen LogP contribution in [0.25, 0.3) is 21.3 Å². The first kappa shape index (κ1) is 22.3. The fraction of sp³-hybridized carbons (Fsp3) is 0.250. The van der Waals surface area contributed by atoms with Crippen molar-refractivity contribution in [1.29, 1.82) is 0 Å². The zero-order valence-electron chi connectivity index (χ0n) is 19.2. The Morgan fingerprint density at radius 1 is 0.912 bits per heavy atom. The third-order valence-electron chi connectivity index (χ3n) is 6.81. The van der Waals surface area contributed by atoms with E-state index in [-0.39, 0.29) is 5.78 Å². The van der Waals surface area contributed by atoms with Crippen molar-refractivity contribution in [1.82, 2.24) is 4.98 Å². The zero-order chi connectivity index (χ0) is 23.8. The van der Waals surface area contributed by atoms with Gasteiger partial charge in [-0.25, -0.2) is 4.98 Å². The highest BCUT2D eigenvalue weighted by atomic mass is 32.1. The number of rotatable bonds is 6. The van der Waals surface area contributed by atoms with E-state index in [1.807, 2.05) is 48.5 Å². The van der Waals surface area contributed by atoms with Gasteiger partial charge in [-0.2, -0.15) is 0 Å². The molecule has 1 aliphatic carbocycles. The van der Waals surface area contributed by atoms with Crippen LogP contribution in [0.1, 0.15) is 40.7 Å².